The van der Waals surface area contributed by atoms with E-state index >= 15 is 0 Å². The maximum atomic E-state index is 12.6. The molecule has 0 radical (unpaired) electrons. The summed E-state index contributed by atoms with van der Waals surface area (Å²) in [7, 11) is 0. The molecule has 0 aliphatic carbocycles. The van der Waals surface area contributed by atoms with Crippen LogP contribution in [0.15, 0.2) is 48.6 Å². The van der Waals surface area contributed by atoms with Gasteiger partial charge in [-0.05, 0) is 64.2 Å². The van der Waals surface area contributed by atoms with Crippen molar-refractivity contribution in [2.75, 3.05) is 19.8 Å². The predicted octanol–water partition coefficient (Wildman–Crippen LogP) is 6.54. The van der Waals surface area contributed by atoms with Crippen molar-refractivity contribution in [2.45, 2.75) is 166 Å². The summed E-state index contributed by atoms with van der Waals surface area (Å²) in [5.41, 5.74) is 0. The molecular weight excluding hydrogens is 628 g/mol. The Bertz CT molecular complexity index is 944. The Hall–Kier alpha value is -2.34. The van der Waals surface area contributed by atoms with Gasteiger partial charge in [-0.25, -0.2) is 0 Å². The van der Waals surface area contributed by atoms with Crippen LogP contribution in [0.1, 0.15) is 129 Å². The first-order chi connectivity index (χ1) is 23.8. The van der Waals surface area contributed by atoms with Crippen LogP contribution in [0.3, 0.4) is 0 Å². The molecule has 1 saturated heterocycles. The minimum Gasteiger partial charge on any atom is -0.462 e. The molecule has 49 heavy (non-hydrogen) atoms. The van der Waals surface area contributed by atoms with Crippen molar-refractivity contribution in [1.82, 2.24) is 0 Å². The number of carbonyl (C=O) groups excluding carboxylic acids is 2. The first-order valence-corrected chi connectivity index (χ1v) is 18.7. The molecule has 1 aliphatic rings. The van der Waals surface area contributed by atoms with E-state index in [1.54, 1.807) is 0 Å². The van der Waals surface area contributed by atoms with Crippen LogP contribution >= 0.6 is 0 Å². The molecule has 10 heteroatoms. The van der Waals surface area contributed by atoms with Gasteiger partial charge in [0.25, 0.3) is 0 Å². The van der Waals surface area contributed by atoms with Crippen molar-refractivity contribution in [2.24, 2.45) is 0 Å². The molecule has 0 amide bonds. The SMILES string of the molecule is CC/C=C\C/C=C/C/C=C\CCCCCCCC(=O)OC[C@H](CO[C@@H]1O[C@H](CO)[C@H](O)[C@H](O)[C@H]1O)OC(=O)CCCCCCC/C=C/CC. The number of unbranched alkanes of at least 4 members (excludes halogenated alkanes) is 10. The van der Waals surface area contributed by atoms with E-state index < -0.39 is 55.4 Å². The molecule has 1 fully saturated rings. The van der Waals surface area contributed by atoms with E-state index in [4.69, 9.17) is 18.9 Å². The minimum absolute atomic E-state index is 0.212. The van der Waals surface area contributed by atoms with E-state index in [1.165, 1.54) is 0 Å². The molecule has 0 aromatic rings. The number of aliphatic hydroxyl groups is 4. The van der Waals surface area contributed by atoms with Crippen molar-refractivity contribution >= 4 is 11.9 Å². The third-order valence-corrected chi connectivity index (χ3v) is 8.21. The Morgan fingerprint density at radius 2 is 1.14 bits per heavy atom. The van der Waals surface area contributed by atoms with Crippen LogP contribution in [0.25, 0.3) is 0 Å². The standard InChI is InChI=1S/C39H66O10/c1-3-5-7-9-11-13-14-15-16-17-18-20-21-23-25-27-34(41)46-30-32(31-47-39-38(45)37(44)36(43)33(29-40)49-39)48-35(42)28-26-24-22-19-12-10-8-6-4-2/h5-8,11,13,15-16,32-33,36-40,43-45H,3-4,9-10,12,14,17-31H2,1-2H3/b7-5-,8-6+,13-11+,16-15-/t32-,33-,36+,37+,38-,39-/m1/s1. The lowest BCUT2D eigenvalue weighted by atomic mass is 9.99. The number of carbonyl (C=O) groups is 2. The average molecular weight is 695 g/mol. The van der Waals surface area contributed by atoms with E-state index in [-0.39, 0.29) is 26.1 Å². The van der Waals surface area contributed by atoms with Gasteiger partial charge >= 0.3 is 11.9 Å². The third kappa shape index (κ3) is 22.9. The van der Waals surface area contributed by atoms with E-state index in [0.29, 0.717) is 12.8 Å². The Morgan fingerprint density at radius 1 is 0.633 bits per heavy atom. The monoisotopic (exact) mass is 694 g/mol. The fraction of sp³-hybridized carbons (Fsp3) is 0.744. The molecule has 0 bridgehead atoms. The molecule has 4 N–H and O–H groups in total. The van der Waals surface area contributed by atoms with Gasteiger partial charge in [0.05, 0.1) is 13.2 Å². The fourth-order valence-corrected chi connectivity index (χ4v) is 5.26. The molecule has 0 spiro atoms. The summed E-state index contributed by atoms with van der Waals surface area (Å²) in [6.45, 7) is 3.14. The third-order valence-electron chi connectivity index (χ3n) is 8.21. The van der Waals surface area contributed by atoms with E-state index in [1.807, 2.05) is 0 Å². The van der Waals surface area contributed by atoms with Gasteiger partial charge in [0.2, 0.25) is 0 Å². The number of rotatable bonds is 29. The summed E-state index contributed by atoms with van der Waals surface area (Å²) in [4.78, 5) is 25.1. The van der Waals surface area contributed by atoms with Crippen molar-refractivity contribution in [3.63, 3.8) is 0 Å². The van der Waals surface area contributed by atoms with Crippen molar-refractivity contribution in [3.8, 4) is 0 Å². The molecule has 10 nitrogen and oxygen atoms in total. The molecule has 282 valence electrons. The molecule has 1 heterocycles. The van der Waals surface area contributed by atoms with Gasteiger partial charge in [-0.15, -0.1) is 0 Å². The Morgan fingerprint density at radius 3 is 1.76 bits per heavy atom. The van der Waals surface area contributed by atoms with Crippen LogP contribution < -0.4 is 0 Å². The largest absolute Gasteiger partial charge is 0.462 e. The maximum Gasteiger partial charge on any atom is 0.306 e. The van der Waals surface area contributed by atoms with E-state index in [0.717, 1.165) is 89.9 Å². The molecule has 6 atom stereocenters. The van der Waals surface area contributed by atoms with Gasteiger partial charge in [-0.2, -0.15) is 0 Å². The molecule has 1 rings (SSSR count). The first-order valence-electron chi connectivity index (χ1n) is 18.7. The predicted molar refractivity (Wildman–Crippen MR) is 192 cm³/mol. The van der Waals surface area contributed by atoms with Gasteiger partial charge in [0.1, 0.15) is 31.0 Å². The van der Waals surface area contributed by atoms with Crippen molar-refractivity contribution in [3.05, 3.63) is 48.6 Å². The Kier molecular flexibility index (Phi) is 27.8. The number of hydrogen-bond acceptors (Lipinski definition) is 10. The van der Waals surface area contributed by atoms with Crippen LogP contribution in [0.5, 0.6) is 0 Å². The van der Waals surface area contributed by atoms with Gasteiger partial charge < -0.3 is 39.4 Å². The summed E-state index contributed by atoms with van der Waals surface area (Å²) in [5, 5.41) is 39.8. The molecule has 0 aromatic heterocycles. The molecule has 0 aromatic carbocycles. The highest BCUT2D eigenvalue weighted by atomic mass is 16.7. The first kappa shape index (κ1) is 44.7. The smallest absolute Gasteiger partial charge is 0.306 e. The van der Waals surface area contributed by atoms with Crippen LogP contribution in [-0.2, 0) is 28.5 Å². The number of hydrogen-bond donors (Lipinski definition) is 4. The van der Waals surface area contributed by atoms with Crippen molar-refractivity contribution < 1.29 is 49.0 Å². The molecule has 0 unspecified atom stereocenters. The zero-order valence-electron chi connectivity index (χ0n) is 30.2. The Balaban J connectivity index is 2.40. The summed E-state index contributed by atoms with van der Waals surface area (Å²) >= 11 is 0. The van der Waals surface area contributed by atoms with Gasteiger partial charge in [0, 0.05) is 12.8 Å². The lowest BCUT2D eigenvalue weighted by Gasteiger charge is -2.39. The quantitative estimate of drug-likeness (QED) is 0.0386. The van der Waals surface area contributed by atoms with Crippen molar-refractivity contribution in [1.29, 1.82) is 0 Å². The number of aliphatic hydroxyl groups excluding tert-OH is 4. The summed E-state index contributed by atoms with van der Waals surface area (Å²) in [5.74, 6) is -0.848. The topological polar surface area (TPSA) is 152 Å². The summed E-state index contributed by atoms with van der Waals surface area (Å²) in [6, 6.07) is 0. The molecule has 0 saturated carbocycles. The second kappa shape index (κ2) is 30.5. The number of esters is 2. The van der Waals surface area contributed by atoms with Crippen LogP contribution in [0.2, 0.25) is 0 Å². The maximum absolute atomic E-state index is 12.6. The van der Waals surface area contributed by atoms with Crippen LogP contribution in [0, 0.1) is 0 Å². The second-order valence-electron chi connectivity index (χ2n) is 12.6. The fourth-order valence-electron chi connectivity index (χ4n) is 5.26. The van der Waals surface area contributed by atoms with Crippen LogP contribution in [0.4, 0.5) is 0 Å². The minimum atomic E-state index is -1.60. The molecular formula is C39H66O10. The van der Waals surface area contributed by atoms with E-state index in [9.17, 15) is 30.0 Å². The molecule has 1 aliphatic heterocycles. The lowest BCUT2D eigenvalue weighted by Crippen LogP contribution is -2.59. The van der Waals surface area contributed by atoms with Gasteiger partial charge in [-0.3, -0.25) is 9.59 Å². The number of ether oxygens (including phenoxy) is 4. The van der Waals surface area contributed by atoms with Gasteiger partial charge in [0.15, 0.2) is 12.4 Å². The average Bonchev–Trinajstić information content (AvgIpc) is 3.10. The second-order valence-corrected chi connectivity index (χ2v) is 12.6. The highest BCUT2D eigenvalue weighted by molar-refractivity contribution is 5.70. The zero-order valence-corrected chi connectivity index (χ0v) is 30.2. The highest BCUT2D eigenvalue weighted by Gasteiger charge is 2.44. The van der Waals surface area contributed by atoms with E-state index in [2.05, 4.69) is 62.5 Å². The lowest BCUT2D eigenvalue weighted by molar-refractivity contribution is -0.305. The Labute approximate surface area is 295 Å². The highest BCUT2D eigenvalue weighted by Crippen LogP contribution is 2.22. The zero-order chi connectivity index (χ0) is 36.0. The van der Waals surface area contributed by atoms with Gasteiger partial charge in [-0.1, -0.05) is 101 Å². The number of allylic oxidation sites excluding steroid dienone is 8. The normalized spacial score (nSPS) is 22.1. The van der Waals surface area contributed by atoms with Crippen LogP contribution in [-0.4, -0.2) is 89.0 Å². The summed E-state index contributed by atoms with van der Waals surface area (Å²) in [6.07, 6.45) is 25.7. The summed E-state index contributed by atoms with van der Waals surface area (Å²) < 4.78 is 22.0.